The highest BCUT2D eigenvalue weighted by atomic mass is 16.3. The molecule has 0 spiro atoms. The van der Waals surface area contributed by atoms with Gasteiger partial charge in [0.15, 0.2) is 5.69 Å². The van der Waals surface area contributed by atoms with E-state index in [-0.39, 0.29) is 17.6 Å². The molecule has 2 aromatic carbocycles. The van der Waals surface area contributed by atoms with E-state index in [2.05, 4.69) is 15.7 Å². The Kier molecular flexibility index (Phi) is 6.84. The van der Waals surface area contributed by atoms with Gasteiger partial charge in [0.2, 0.25) is 0 Å². The molecule has 1 aliphatic rings. The van der Waals surface area contributed by atoms with Gasteiger partial charge in [-0.1, -0.05) is 30.7 Å². The molecule has 1 aromatic heterocycles. The van der Waals surface area contributed by atoms with Crippen molar-refractivity contribution in [3.05, 3.63) is 77.1 Å². The Bertz CT molecular complexity index is 1090. The van der Waals surface area contributed by atoms with Crippen molar-refractivity contribution in [1.29, 1.82) is 0 Å². The smallest absolute Gasteiger partial charge is 0.272 e. The van der Waals surface area contributed by atoms with Crippen LogP contribution in [-0.4, -0.2) is 39.8 Å². The minimum Gasteiger partial charge on any atom is -0.508 e. The van der Waals surface area contributed by atoms with E-state index in [0.717, 1.165) is 49.0 Å². The van der Waals surface area contributed by atoms with Gasteiger partial charge in [-0.2, -0.15) is 5.10 Å². The topological polar surface area (TPSA) is 96.3 Å². The Morgan fingerprint density at radius 3 is 2.44 bits per heavy atom. The van der Waals surface area contributed by atoms with Crippen molar-refractivity contribution in [2.24, 2.45) is 0 Å². The monoisotopic (exact) mass is 432 g/mol. The summed E-state index contributed by atoms with van der Waals surface area (Å²) in [5.41, 5.74) is 4.08. The van der Waals surface area contributed by atoms with Crippen molar-refractivity contribution in [2.45, 2.75) is 38.5 Å². The van der Waals surface area contributed by atoms with E-state index in [9.17, 15) is 14.7 Å². The third kappa shape index (κ3) is 4.99. The fourth-order valence-corrected chi connectivity index (χ4v) is 4.07. The van der Waals surface area contributed by atoms with Gasteiger partial charge >= 0.3 is 0 Å². The Balaban J connectivity index is 1.36. The number of amides is 2. The number of nitrogens with one attached hydrogen (secondary N) is 2. The molecule has 1 heterocycles. The lowest BCUT2D eigenvalue weighted by molar-refractivity contribution is 0.0946. The summed E-state index contributed by atoms with van der Waals surface area (Å²) in [7, 11) is 0. The number of hydrogen-bond acceptors (Lipinski definition) is 4. The van der Waals surface area contributed by atoms with E-state index in [1.54, 1.807) is 12.1 Å². The summed E-state index contributed by atoms with van der Waals surface area (Å²) in [6.07, 6.45) is 5.71. The van der Waals surface area contributed by atoms with Crippen molar-refractivity contribution < 1.29 is 14.7 Å². The molecule has 32 heavy (non-hydrogen) atoms. The molecular weight excluding hydrogens is 404 g/mol. The van der Waals surface area contributed by atoms with Gasteiger partial charge in [0.05, 0.1) is 5.69 Å². The highest BCUT2D eigenvalue weighted by molar-refractivity contribution is 5.95. The number of carbonyl (C=O) groups excluding carboxylic acids is 2. The predicted octanol–water partition coefficient (Wildman–Crippen LogP) is 3.40. The van der Waals surface area contributed by atoms with Crippen molar-refractivity contribution >= 4 is 11.8 Å². The Morgan fingerprint density at radius 2 is 1.66 bits per heavy atom. The summed E-state index contributed by atoms with van der Waals surface area (Å²) in [5, 5.41) is 19.9. The van der Waals surface area contributed by atoms with Crippen LogP contribution >= 0.6 is 0 Å². The Labute approximate surface area is 187 Å². The van der Waals surface area contributed by atoms with Crippen molar-refractivity contribution in [2.75, 3.05) is 13.1 Å². The molecule has 2 amide bonds. The Morgan fingerprint density at radius 1 is 0.906 bits per heavy atom. The number of phenolic OH excluding ortho intramolecular Hbond substituents is 1. The zero-order valence-electron chi connectivity index (χ0n) is 18.0. The molecule has 3 N–H and O–H groups in total. The average molecular weight is 433 g/mol. The number of rotatable bonds is 7. The summed E-state index contributed by atoms with van der Waals surface area (Å²) >= 11 is 0. The summed E-state index contributed by atoms with van der Waals surface area (Å²) < 4.78 is 1.92. The van der Waals surface area contributed by atoms with Crippen LogP contribution < -0.4 is 10.6 Å². The second-order valence-electron chi connectivity index (χ2n) is 8.00. The number of aromatic nitrogens is 2. The van der Waals surface area contributed by atoms with Crippen LogP contribution in [0, 0.1) is 0 Å². The summed E-state index contributed by atoms with van der Waals surface area (Å²) in [6.45, 7) is 0.859. The Hall–Kier alpha value is -3.61. The van der Waals surface area contributed by atoms with E-state index in [4.69, 9.17) is 0 Å². The van der Waals surface area contributed by atoms with Gasteiger partial charge in [-0.15, -0.1) is 0 Å². The molecule has 3 aromatic rings. The highest BCUT2D eigenvalue weighted by Gasteiger charge is 2.24. The van der Waals surface area contributed by atoms with E-state index in [1.165, 1.54) is 12.1 Å². The largest absolute Gasteiger partial charge is 0.508 e. The molecule has 7 nitrogen and oxygen atoms in total. The lowest BCUT2D eigenvalue weighted by Gasteiger charge is -2.07. The van der Waals surface area contributed by atoms with E-state index in [1.807, 2.05) is 35.0 Å². The number of aromatic hydroxyl groups is 1. The number of para-hydroxylation sites is 1. The quantitative estimate of drug-likeness (QED) is 0.394. The molecular formula is C25H28N4O3. The molecule has 7 heteroatoms. The number of benzene rings is 2. The van der Waals surface area contributed by atoms with E-state index in [0.29, 0.717) is 30.8 Å². The van der Waals surface area contributed by atoms with Crippen LogP contribution in [0.3, 0.4) is 0 Å². The number of nitrogens with zero attached hydrogens (tertiary/aromatic N) is 2. The standard InChI is InChI=1S/C25H28N4O3/c30-20-12-7-9-18(17-20)24(31)26-15-8-16-27-25(32)23-21-13-5-2-6-14-22(21)29(28-23)19-10-3-1-4-11-19/h1,3-4,7,9-12,17,30H,2,5-6,8,13-16H2,(H,26,31)(H,27,32). The molecule has 0 bridgehead atoms. The normalized spacial score (nSPS) is 13.1. The van der Waals surface area contributed by atoms with Gasteiger partial charge in [-0.25, -0.2) is 4.68 Å². The van der Waals surface area contributed by atoms with E-state index < -0.39 is 0 Å². The molecule has 166 valence electrons. The lowest BCUT2D eigenvalue weighted by atomic mass is 10.1. The number of hydrogen-bond donors (Lipinski definition) is 3. The zero-order valence-corrected chi connectivity index (χ0v) is 18.0. The number of carbonyl (C=O) groups is 2. The van der Waals surface area contributed by atoms with Crippen LogP contribution in [0.1, 0.15) is 57.8 Å². The zero-order chi connectivity index (χ0) is 22.3. The molecule has 0 saturated heterocycles. The number of phenols is 1. The predicted molar refractivity (Wildman–Crippen MR) is 122 cm³/mol. The first kappa shape index (κ1) is 21.6. The van der Waals surface area contributed by atoms with Gasteiger partial charge in [-0.05, 0) is 62.4 Å². The maximum Gasteiger partial charge on any atom is 0.272 e. The van der Waals surface area contributed by atoms with Gasteiger partial charge in [0, 0.05) is 29.9 Å². The van der Waals surface area contributed by atoms with Crippen LogP contribution in [-0.2, 0) is 12.8 Å². The highest BCUT2D eigenvalue weighted by Crippen LogP contribution is 2.26. The third-order valence-corrected chi connectivity index (χ3v) is 5.68. The third-order valence-electron chi connectivity index (χ3n) is 5.68. The first-order chi connectivity index (χ1) is 15.6. The molecule has 0 unspecified atom stereocenters. The minimum absolute atomic E-state index is 0.0546. The van der Waals surface area contributed by atoms with Crippen molar-refractivity contribution in [1.82, 2.24) is 20.4 Å². The number of fused-ring (bicyclic) bond motifs is 1. The lowest BCUT2D eigenvalue weighted by Crippen LogP contribution is -2.30. The molecule has 1 aliphatic carbocycles. The second kappa shape index (κ2) is 10.1. The van der Waals surface area contributed by atoms with Crippen LogP contribution in [0.15, 0.2) is 54.6 Å². The maximum atomic E-state index is 12.9. The summed E-state index contributed by atoms with van der Waals surface area (Å²) in [5.74, 6) is -0.365. The van der Waals surface area contributed by atoms with Gasteiger partial charge < -0.3 is 15.7 Å². The maximum absolute atomic E-state index is 12.9. The molecule has 4 rings (SSSR count). The first-order valence-corrected chi connectivity index (χ1v) is 11.1. The van der Waals surface area contributed by atoms with Gasteiger partial charge in [0.25, 0.3) is 11.8 Å². The SMILES string of the molecule is O=C(NCCCNC(=O)c1nn(-c2ccccc2)c2c1CCCCC2)c1cccc(O)c1. The van der Waals surface area contributed by atoms with Crippen LogP contribution in [0.5, 0.6) is 5.75 Å². The fraction of sp³-hybridized carbons (Fsp3) is 0.320. The van der Waals surface area contributed by atoms with Crippen LogP contribution in [0.2, 0.25) is 0 Å². The molecule has 0 radical (unpaired) electrons. The van der Waals surface area contributed by atoms with E-state index >= 15 is 0 Å². The van der Waals surface area contributed by atoms with Crippen molar-refractivity contribution in [3.8, 4) is 11.4 Å². The summed E-state index contributed by atoms with van der Waals surface area (Å²) in [6, 6.07) is 16.2. The fourth-order valence-electron chi connectivity index (χ4n) is 4.07. The minimum atomic E-state index is -0.251. The molecule has 0 fully saturated rings. The average Bonchev–Trinajstić information content (AvgIpc) is 3.00. The van der Waals surface area contributed by atoms with Crippen LogP contribution in [0.4, 0.5) is 0 Å². The second-order valence-corrected chi connectivity index (χ2v) is 8.00. The molecule has 0 saturated carbocycles. The first-order valence-electron chi connectivity index (χ1n) is 11.1. The molecule has 0 atom stereocenters. The van der Waals surface area contributed by atoms with Crippen molar-refractivity contribution in [3.63, 3.8) is 0 Å². The molecule has 0 aliphatic heterocycles. The van der Waals surface area contributed by atoms with Gasteiger partial charge in [-0.3, -0.25) is 9.59 Å². The van der Waals surface area contributed by atoms with Crippen LogP contribution in [0.25, 0.3) is 5.69 Å². The van der Waals surface area contributed by atoms with Gasteiger partial charge in [0.1, 0.15) is 5.75 Å². The summed E-state index contributed by atoms with van der Waals surface area (Å²) in [4.78, 5) is 25.1.